The first-order valence-corrected chi connectivity index (χ1v) is 6.65. The molecule has 0 spiro atoms. The highest BCUT2D eigenvalue weighted by atomic mass is 32.2. The van der Waals surface area contributed by atoms with Crippen molar-refractivity contribution < 1.29 is 13.2 Å². The Kier molecular flexibility index (Phi) is 4.73. The minimum absolute atomic E-state index is 0.153. The van der Waals surface area contributed by atoms with Gasteiger partial charge in [-0.3, -0.25) is 4.79 Å². The van der Waals surface area contributed by atoms with Crippen LogP contribution in [0.1, 0.15) is 20.8 Å². The van der Waals surface area contributed by atoms with Gasteiger partial charge in [0.1, 0.15) is 0 Å². The number of hydrogen-bond acceptors (Lipinski definition) is 4. The van der Waals surface area contributed by atoms with Gasteiger partial charge in [0.05, 0.1) is 10.8 Å². The summed E-state index contributed by atoms with van der Waals surface area (Å²) in [6, 6.07) is -0.393. The second-order valence-electron chi connectivity index (χ2n) is 4.25. The number of carbonyl (C=O) groups excluding carboxylic acids is 1. The molecule has 6 heteroatoms. The molecule has 0 saturated carbocycles. The summed E-state index contributed by atoms with van der Waals surface area (Å²) in [4.78, 5) is 11.2. The fraction of sp³-hybridized carbons (Fsp3) is 0.889. The summed E-state index contributed by atoms with van der Waals surface area (Å²) in [5.41, 5.74) is 0. The van der Waals surface area contributed by atoms with Crippen molar-refractivity contribution in [2.45, 2.75) is 31.6 Å². The number of sulfone groups is 1. The van der Waals surface area contributed by atoms with Gasteiger partial charge >= 0.3 is 0 Å². The van der Waals surface area contributed by atoms with Gasteiger partial charge < -0.3 is 10.6 Å². The second kappa shape index (κ2) is 4.94. The molecule has 0 radical (unpaired) electrons. The van der Waals surface area contributed by atoms with Gasteiger partial charge in [0.15, 0.2) is 9.84 Å². The average Bonchev–Trinajstić information content (AvgIpc) is 2.11. The van der Waals surface area contributed by atoms with Crippen molar-refractivity contribution in [2.75, 3.05) is 19.8 Å². The fourth-order valence-electron chi connectivity index (χ4n) is 0.839. The highest BCUT2D eigenvalue weighted by Crippen LogP contribution is 2.13. The molecule has 1 amide bonds. The van der Waals surface area contributed by atoms with Crippen molar-refractivity contribution in [3.05, 3.63) is 0 Å². The van der Waals surface area contributed by atoms with Crippen LogP contribution in [0.2, 0.25) is 0 Å². The summed E-state index contributed by atoms with van der Waals surface area (Å²) in [5, 5.41) is 5.38. The van der Waals surface area contributed by atoms with Crippen LogP contribution in [0.25, 0.3) is 0 Å². The zero-order valence-corrected chi connectivity index (χ0v) is 10.7. The summed E-state index contributed by atoms with van der Waals surface area (Å²) >= 11 is 0. The molecule has 0 bridgehead atoms. The van der Waals surface area contributed by atoms with Crippen molar-refractivity contribution in [3.63, 3.8) is 0 Å². The third-order valence-electron chi connectivity index (χ3n) is 2.48. The Balaban J connectivity index is 4.35. The lowest BCUT2D eigenvalue weighted by molar-refractivity contribution is -0.122. The van der Waals surface area contributed by atoms with E-state index in [0.29, 0.717) is 0 Å². The Labute approximate surface area is 91.5 Å². The predicted octanol–water partition coefficient (Wildman–Crippen LogP) is -0.466. The van der Waals surface area contributed by atoms with Gasteiger partial charge in [-0.15, -0.1) is 0 Å². The monoisotopic (exact) mass is 236 g/mol. The predicted molar refractivity (Wildman–Crippen MR) is 60.5 cm³/mol. The third kappa shape index (κ3) is 4.17. The normalized spacial score (nSPS) is 14.7. The van der Waals surface area contributed by atoms with Gasteiger partial charge in [-0.2, -0.15) is 0 Å². The zero-order valence-electron chi connectivity index (χ0n) is 9.92. The van der Waals surface area contributed by atoms with Crippen LogP contribution in [0.5, 0.6) is 0 Å². The van der Waals surface area contributed by atoms with E-state index < -0.39 is 20.6 Å². The first-order chi connectivity index (χ1) is 6.62. The van der Waals surface area contributed by atoms with Gasteiger partial charge in [-0.05, 0) is 20.8 Å². The van der Waals surface area contributed by atoms with Crippen molar-refractivity contribution in [3.8, 4) is 0 Å². The maximum absolute atomic E-state index is 11.4. The Hall–Kier alpha value is -0.620. The summed E-state index contributed by atoms with van der Waals surface area (Å²) in [5.74, 6) is -0.153. The minimum atomic E-state index is -3.12. The van der Waals surface area contributed by atoms with E-state index in [9.17, 15) is 13.2 Å². The number of rotatable bonds is 5. The Morgan fingerprint density at radius 3 is 2.20 bits per heavy atom. The maximum Gasteiger partial charge on any atom is 0.236 e. The molecule has 0 aliphatic carbocycles. The summed E-state index contributed by atoms with van der Waals surface area (Å²) in [6.07, 6.45) is 1.19. The molecule has 2 N–H and O–H groups in total. The third-order valence-corrected chi connectivity index (χ3v) is 4.63. The molecule has 1 atom stereocenters. The Morgan fingerprint density at radius 1 is 1.40 bits per heavy atom. The van der Waals surface area contributed by atoms with E-state index >= 15 is 0 Å². The van der Waals surface area contributed by atoms with Crippen LogP contribution in [0.15, 0.2) is 0 Å². The van der Waals surface area contributed by atoms with E-state index in [1.807, 2.05) is 0 Å². The van der Waals surface area contributed by atoms with E-state index in [2.05, 4.69) is 10.6 Å². The Morgan fingerprint density at radius 2 is 1.87 bits per heavy atom. The zero-order chi connectivity index (χ0) is 12.3. The lowest BCUT2D eigenvalue weighted by Gasteiger charge is -2.24. The average molecular weight is 236 g/mol. The van der Waals surface area contributed by atoms with Gasteiger partial charge in [-0.1, -0.05) is 0 Å². The molecular formula is C9H20N2O3S. The van der Waals surface area contributed by atoms with Gasteiger partial charge in [0, 0.05) is 19.8 Å². The molecule has 0 heterocycles. The molecule has 0 saturated heterocycles. The second-order valence-corrected chi connectivity index (χ2v) is 6.90. The summed E-state index contributed by atoms with van der Waals surface area (Å²) in [7, 11) is -1.58. The van der Waals surface area contributed by atoms with Crippen molar-refractivity contribution >= 4 is 15.7 Å². The van der Waals surface area contributed by atoms with Crippen LogP contribution < -0.4 is 10.6 Å². The SMILES string of the molecule is CNC(=O)C(C)NCC(C)(C)S(C)(=O)=O. The molecule has 1 unspecified atom stereocenters. The van der Waals surface area contributed by atoms with Crippen LogP contribution in [0.4, 0.5) is 0 Å². The number of amides is 1. The molecule has 0 aromatic rings. The summed E-state index contributed by atoms with van der Waals surface area (Å²) in [6.45, 7) is 5.20. The maximum atomic E-state index is 11.4. The lowest BCUT2D eigenvalue weighted by atomic mass is 10.2. The van der Waals surface area contributed by atoms with E-state index in [0.717, 1.165) is 0 Å². The molecule has 0 fully saturated rings. The number of carbonyl (C=O) groups is 1. The van der Waals surface area contributed by atoms with Crippen LogP contribution in [0.3, 0.4) is 0 Å². The Bertz CT molecular complexity index is 322. The summed E-state index contributed by atoms with van der Waals surface area (Å²) < 4.78 is 21.9. The largest absolute Gasteiger partial charge is 0.358 e. The smallest absolute Gasteiger partial charge is 0.236 e. The molecule has 5 nitrogen and oxygen atoms in total. The van der Waals surface area contributed by atoms with Gasteiger partial charge in [-0.25, -0.2) is 8.42 Å². The quantitative estimate of drug-likeness (QED) is 0.677. The molecule has 0 aromatic carbocycles. The first-order valence-electron chi connectivity index (χ1n) is 4.76. The van der Waals surface area contributed by atoms with Crippen LogP contribution >= 0.6 is 0 Å². The van der Waals surface area contributed by atoms with Gasteiger partial charge in [0.25, 0.3) is 0 Å². The molecule has 0 aromatic heterocycles. The van der Waals surface area contributed by atoms with Crippen LogP contribution in [-0.4, -0.2) is 45.0 Å². The molecule has 0 aliphatic rings. The van der Waals surface area contributed by atoms with Crippen LogP contribution in [-0.2, 0) is 14.6 Å². The molecule has 90 valence electrons. The van der Waals surface area contributed by atoms with Crippen molar-refractivity contribution in [1.29, 1.82) is 0 Å². The first kappa shape index (κ1) is 14.4. The van der Waals surface area contributed by atoms with Crippen LogP contribution in [0, 0.1) is 0 Å². The molecule has 15 heavy (non-hydrogen) atoms. The fourth-order valence-corrected chi connectivity index (χ4v) is 1.18. The van der Waals surface area contributed by atoms with E-state index in [4.69, 9.17) is 0 Å². The topological polar surface area (TPSA) is 75.3 Å². The van der Waals surface area contributed by atoms with Crippen molar-refractivity contribution in [2.24, 2.45) is 0 Å². The van der Waals surface area contributed by atoms with E-state index in [1.54, 1.807) is 27.8 Å². The molecule has 0 rings (SSSR count). The standard InChI is InChI=1S/C9H20N2O3S/c1-7(8(12)10-4)11-6-9(2,3)15(5,13)14/h7,11H,6H2,1-5H3,(H,10,12). The highest BCUT2D eigenvalue weighted by Gasteiger charge is 2.30. The number of nitrogens with one attached hydrogen (secondary N) is 2. The minimum Gasteiger partial charge on any atom is -0.358 e. The highest BCUT2D eigenvalue weighted by molar-refractivity contribution is 7.92. The molecule has 0 aliphatic heterocycles. The number of hydrogen-bond donors (Lipinski definition) is 2. The van der Waals surface area contributed by atoms with E-state index in [-0.39, 0.29) is 12.5 Å². The van der Waals surface area contributed by atoms with Crippen molar-refractivity contribution in [1.82, 2.24) is 10.6 Å². The van der Waals surface area contributed by atoms with Gasteiger partial charge in [0.2, 0.25) is 5.91 Å². The lowest BCUT2D eigenvalue weighted by Crippen LogP contribution is -2.48. The number of likely N-dealkylation sites (N-methyl/N-ethyl adjacent to an activating group) is 1. The molecular weight excluding hydrogens is 216 g/mol. The van der Waals surface area contributed by atoms with E-state index in [1.165, 1.54) is 6.26 Å².